The van der Waals surface area contributed by atoms with Crippen molar-refractivity contribution in [3.63, 3.8) is 0 Å². The number of esters is 1. The Labute approximate surface area is 137 Å². The second-order valence-corrected chi connectivity index (χ2v) is 5.41. The number of hydrogen-bond acceptors (Lipinski definition) is 3. The standard InChI is InChI=1S/C18H15FN2O3/c1-21-10-14(13-4-2-3-5-15(13)21)18(23)24-16(17(20)22)11-6-8-12(19)9-7-11/h2-10,16H,1H3,(H2,20,22)/t16-/m0/s1. The number of carbonyl (C=O) groups is 2. The third-order valence-corrected chi connectivity index (χ3v) is 3.77. The highest BCUT2D eigenvalue weighted by Gasteiger charge is 2.25. The molecule has 0 saturated heterocycles. The fourth-order valence-electron chi connectivity index (χ4n) is 2.60. The van der Waals surface area contributed by atoms with Crippen LogP contribution in [0.3, 0.4) is 0 Å². The lowest BCUT2D eigenvalue weighted by atomic mass is 10.1. The van der Waals surface area contributed by atoms with E-state index in [0.717, 1.165) is 5.52 Å². The monoisotopic (exact) mass is 326 g/mol. The van der Waals surface area contributed by atoms with Gasteiger partial charge in [0.2, 0.25) is 6.10 Å². The Bertz CT molecular complexity index is 916. The van der Waals surface area contributed by atoms with Gasteiger partial charge in [0.25, 0.3) is 5.91 Å². The van der Waals surface area contributed by atoms with Gasteiger partial charge in [-0.1, -0.05) is 30.3 Å². The molecule has 2 aromatic carbocycles. The Morgan fingerprint density at radius 3 is 2.46 bits per heavy atom. The van der Waals surface area contributed by atoms with Crippen LogP contribution >= 0.6 is 0 Å². The molecule has 3 aromatic rings. The third-order valence-electron chi connectivity index (χ3n) is 3.77. The molecule has 0 radical (unpaired) electrons. The van der Waals surface area contributed by atoms with Gasteiger partial charge in [-0.05, 0) is 18.2 Å². The topological polar surface area (TPSA) is 74.3 Å². The van der Waals surface area contributed by atoms with E-state index in [1.54, 1.807) is 16.8 Å². The number of primary amides is 1. The van der Waals surface area contributed by atoms with E-state index in [4.69, 9.17) is 10.5 Å². The molecule has 3 rings (SSSR count). The van der Waals surface area contributed by atoms with E-state index in [2.05, 4.69) is 0 Å². The number of rotatable bonds is 4. The Balaban J connectivity index is 1.93. The van der Waals surface area contributed by atoms with Gasteiger partial charge in [-0.25, -0.2) is 9.18 Å². The molecule has 0 fully saturated rings. The molecular weight excluding hydrogens is 311 g/mol. The molecule has 122 valence electrons. The number of halogens is 1. The van der Waals surface area contributed by atoms with E-state index < -0.39 is 23.8 Å². The number of benzene rings is 2. The summed E-state index contributed by atoms with van der Waals surface area (Å²) in [6, 6.07) is 12.4. The minimum atomic E-state index is -1.28. The number of fused-ring (bicyclic) bond motifs is 1. The summed E-state index contributed by atoms with van der Waals surface area (Å²) in [5, 5.41) is 0.715. The maximum absolute atomic E-state index is 13.0. The molecule has 0 unspecified atom stereocenters. The van der Waals surface area contributed by atoms with Crippen LogP contribution in [0.5, 0.6) is 0 Å². The minimum absolute atomic E-state index is 0.317. The van der Waals surface area contributed by atoms with E-state index in [0.29, 0.717) is 16.5 Å². The summed E-state index contributed by atoms with van der Waals surface area (Å²) < 4.78 is 20.1. The van der Waals surface area contributed by atoms with Crippen LogP contribution in [0.4, 0.5) is 4.39 Å². The SMILES string of the molecule is Cn1cc(C(=O)O[C@H](C(N)=O)c2ccc(F)cc2)c2ccccc21. The van der Waals surface area contributed by atoms with Crippen LogP contribution in [0.15, 0.2) is 54.7 Å². The fraction of sp³-hybridized carbons (Fsp3) is 0.111. The molecule has 0 bridgehead atoms. The van der Waals surface area contributed by atoms with Gasteiger partial charge in [-0.15, -0.1) is 0 Å². The van der Waals surface area contributed by atoms with E-state index >= 15 is 0 Å². The Morgan fingerprint density at radius 1 is 1.12 bits per heavy atom. The molecule has 0 spiro atoms. The summed E-state index contributed by atoms with van der Waals surface area (Å²) in [4.78, 5) is 24.2. The molecule has 0 aliphatic carbocycles. The number of para-hydroxylation sites is 1. The predicted octanol–water partition coefficient (Wildman–Crippen LogP) is 2.70. The molecule has 2 N–H and O–H groups in total. The molecule has 0 aliphatic heterocycles. The normalized spacial score (nSPS) is 12.1. The zero-order chi connectivity index (χ0) is 17.3. The van der Waals surface area contributed by atoms with Gasteiger partial charge in [-0.2, -0.15) is 0 Å². The summed E-state index contributed by atoms with van der Waals surface area (Å²) in [5.74, 6) is -1.95. The lowest BCUT2D eigenvalue weighted by Gasteiger charge is -2.14. The molecule has 0 aliphatic rings. The van der Waals surface area contributed by atoms with Crippen molar-refractivity contribution in [2.75, 3.05) is 0 Å². The van der Waals surface area contributed by atoms with Crippen molar-refractivity contribution in [2.24, 2.45) is 12.8 Å². The second kappa shape index (κ2) is 6.16. The molecule has 1 aromatic heterocycles. The van der Waals surface area contributed by atoms with E-state index in [1.165, 1.54) is 24.3 Å². The van der Waals surface area contributed by atoms with Gasteiger partial charge in [-0.3, -0.25) is 4.79 Å². The Kier molecular flexibility index (Phi) is 4.04. The number of ether oxygens (including phenoxy) is 1. The van der Waals surface area contributed by atoms with Gasteiger partial charge < -0.3 is 15.0 Å². The number of aromatic nitrogens is 1. The lowest BCUT2D eigenvalue weighted by Crippen LogP contribution is -2.26. The smallest absolute Gasteiger partial charge is 0.341 e. The second-order valence-electron chi connectivity index (χ2n) is 5.41. The highest BCUT2D eigenvalue weighted by molar-refractivity contribution is 6.05. The lowest BCUT2D eigenvalue weighted by molar-refractivity contribution is -0.127. The maximum Gasteiger partial charge on any atom is 0.341 e. The van der Waals surface area contributed by atoms with Crippen LogP contribution in [0, 0.1) is 5.82 Å². The predicted molar refractivity (Wildman–Crippen MR) is 86.7 cm³/mol. The highest BCUT2D eigenvalue weighted by atomic mass is 19.1. The van der Waals surface area contributed by atoms with Crippen molar-refractivity contribution in [3.8, 4) is 0 Å². The summed E-state index contributed by atoms with van der Waals surface area (Å²) in [5.41, 5.74) is 6.85. The van der Waals surface area contributed by atoms with Crippen LogP contribution in [-0.2, 0) is 16.6 Å². The van der Waals surface area contributed by atoms with Crippen LogP contribution in [0.2, 0.25) is 0 Å². The first-order valence-electron chi connectivity index (χ1n) is 7.27. The molecule has 6 heteroatoms. The van der Waals surface area contributed by atoms with Gasteiger partial charge in [0.1, 0.15) is 5.82 Å². The zero-order valence-electron chi connectivity index (χ0n) is 12.9. The number of amides is 1. The number of hydrogen-bond donors (Lipinski definition) is 1. The molecule has 24 heavy (non-hydrogen) atoms. The Hall–Kier alpha value is -3.15. The fourth-order valence-corrected chi connectivity index (χ4v) is 2.60. The quantitative estimate of drug-likeness (QED) is 0.749. The van der Waals surface area contributed by atoms with Gasteiger partial charge in [0.05, 0.1) is 5.56 Å². The summed E-state index contributed by atoms with van der Waals surface area (Å²) in [6.07, 6.45) is 0.354. The average Bonchev–Trinajstić information content (AvgIpc) is 2.91. The van der Waals surface area contributed by atoms with Crippen molar-refractivity contribution in [1.82, 2.24) is 4.57 Å². The number of carbonyl (C=O) groups excluding carboxylic acids is 2. The number of nitrogens with two attached hydrogens (primary N) is 1. The van der Waals surface area contributed by atoms with Crippen LogP contribution in [-0.4, -0.2) is 16.4 Å². The van der Waals surface area contributed by atoms with E-state index in [1.807, 2.05) is 25.2 Å². The first-order valence-corrected chi connectivity index (χ1v) is 7.27. The summed E-state index contributed by atoms with van der Waals surface area (Å²) >= 11 is 0. The van der Waals surface area contributed by atoms with Gasteiger partial charge >= 0.3 is 5.97 Å². The molecule has 1 amide bonds. The third kappa shape index (κ3) is 2.86. The summed E-state index contributed by atoms with van der Waals surface area (Å²) in [7, 11) is 1.81. The molecular formula is C18H15FN2O3. The van der Waals surface area contributed by atoms with Gasteiger partial charge in [0, 0.05) is 29.7 Å². The highest BCUT2D eigenvalue weighted by Crippen LogP contribution is 2.24. The zero-order valence-corrected chi connectivity index (χ0v) is 12.9. The molecule has 5 nitrogen and oxygen atoms in total. The largest absolute Gasteiger partial charge is 0.444 e. The van der Waals surface area contributed by atoms with Crippen molar-refractivity contribution in [2.45, 2.75) is 6.10 Å². The van der Waals surface area contributed by atoms with Crippen molar-refractivity contribution < 1.29 is 18.7 Å². The molecule has 1 heterocycles. The van der Waals surface area contributed by atoms with E-state index in [9.17, 15) is 14.0 Å². The minimum Gasteiger partial charge on any atom is -0.444 e. The number of aryl methyl sites for hydroxylation is 1. The molecule has 1 atom stereocenters. The molecule has 0 saturated carbocycles. The van der Waals surface area contributed by atoms with Crippen LogP contribution in [0.25, 0.3) is 10.9 Å². The summed E-state index contributed by atoms with van der Waals surface area (Å²) in [6.45, 7) is 0. The van der Waals surface area contributed by atoms with Crippen molar-refractivity contribution >= 4 is 22.8 Å². The van der Waals surface area contributed by atoms with Crippen LogP contribution < -0.4 is 5.73 Å². The van der Waals surface area contributed by atoms with Crippen molar-refractivity contribution in [3.05, 3.63) is 71.7 Å². The first-order chi connectivity index (χ1) is 11.5. The maximum atomic E-state index is 13.0. The number of nitrogens with zero attached hydrogens (tertiary/aromatic N) is 1. The van der Waals surface area contributed by atoms with Gasteiger partial charge in [0.15, 0.2) is 0 Å². The van der Waals surface area contributed by atoms with Crippen LogP contribution in [0.1, 0.15) is 22.0 Å². The average molecular weight is 326 g/mol. The Morgan fingerprint density at radius 2 is 1.79 bits per heavy atom. The first kappa shape index (κ1) is 15.7. The van der Waals surface area contributed by atoms with Crippen molar-refractivity contribution in [1.29, 1.82) is 0 Å². The van der Waals surface area contributed by atoms with E-state index in [-0.39, 0.29) is 0 Å².